The van der Waals surface area contributed by atoms with Crippen LogP contribution in [0.2, 0.25) is 0 Å². The minimum absolute atomic E-state index is 0.105. The zero-order chi connectivity index (χ0) is 26.6. The van der Waals surface area contributed by atoms with Crippen molar-refractivity contribution in [3.8, 4) is 5.69 Å². The van der Waals surface area contributed by atoms with Gasteiger partial charge < -0.3 is 4.57 Å². The van der Waals surface area contributed by atoms with E-state index in [9.17, 15) is 13.2 Å². The monoisotopic (exact) mass is 514 g/mol. The first kappa shape index (κ1) is 25.9. The average Bonchev–Trinajstić information content (AvgIpc) is 3.17. The number of aryl methyl sites for hydroxylation is 3. The molecule has 1 heterocycles. The summed E-state index contributed by atoms with van der Waals surface area (Å²) in [4.78, 5) is 12.9. The summed E-state index contributed by atoms with van der Waals surface area (Å²) in [6.07, 6.45) is 1.58. The third kappa shape index (κ3) is 5.65. The van der Waals surface area contributed by atoms with E-state index in [1.165, 1.54) is 23.3 Å². The fourth-order valence-corrected chi connectivity index (χ4v) is 5.59. The van der Waals surface area contributed by atoms with Crippen molar-refractivity contribution in [3.05, 3.63) is 113 Å². The van der Waals surface area contributed by atoms with Crippen molar-refractivity contribution in [2.45, 2.75) is 32.6 Å². The van der Waals surface area contributed by atoms with Crippen LogP contribution in [0.5, 0.6) is 0 Å². The second kappa shape index (κ2) is 10.8. The number of sulfonamides is 1. The van der Waals surface area contributed by atoms with E-state index in [4.69, 9.17) is 0 Å². The normalized spacial score (nSPS) is 11.6. The lowest BCUT2D eigenvalue weighted by Crippen LogP contribution is -2.39. The summed E-state index contributed by atoms with van der Waals surface area (Å²) >= 11 is 0. The molecule has 4 aromatic rings. The SMILES string of the molecule is Cc1ccc(-n2c(C)cc(/C=N\NC(=O)CN(c3ccccc3)S(=O)(=O)c3ccccc3)c2C)cc1C. The summed E-state index contributed by atoms with van der Waals surface area (Å²) in [6, 6.07) is 24.9. The molecule has 1 amide bonds. The number of hydrazone groups is 1. The number of carbonyl (C=O) groups excluding carboxylic acids is 1. The molecule has 0 aliphatic heterocycles. The van der Waals surface area contributed by atoms with E-state index in [0.29, 0.717) is 5.69 Å². The molecule has 0 fully saturated rings. The minimum atomic E-state index is -3.96. The maximum Gasteiger partial charge on any atom is 0.264 e. The van der Waals surface area contributed by atoms with Gasteiger partial charge in [-0.05, 0) is 81.3 Å². The summed E-state index contributed by atoms with van der Waals surface area (Å²) < 4.78 is 29.9. The maximum atomic E-state index is 13.3. The standard InChI is InChI=1S/C29H30N4O3S/c1-21-15-16-27(17-22(21)2)33-23(3)18-25(24(33)4)19-30-31-29(34)20-32(26-11-7-5-8-12-26)37(35,36)28-13-9-6-10-14-28/h5-19H,20H2,1-4H3,(H,31,34)/b30-19-. The highest BCUT2D eigenvalue weighted by molar-refractivity contribution is 7.92. The predicted octanol–water partition coefficient (Wildman–Crippen LogP) is 5.06. The van der Waals surface area contributed by atoms with Crippen molar-refractivity contribution in [2.75, 3.05) is 10.8 Å². The van der Waals surface area contributed by atoms with Crippen LogP contribution >= 0.6 is 0 Å². The van der Waals surface area contributed by atoms with E-state index in [1.54, 1.807) is 54.7 Å². The highest BCUT2D eigenvalue weighted by Crippen LogP contribution is 2.24. The summed E-state index contributed by atoms with van der Waals surface area (Å²) in [6.45, 7) is 7.76. The number of anilines is 1. The Balaban J connectivity index is 1.53. The van der Waals surface area contributed by atoms with Crippen LogP contribution in [-0.2, 0) is 14.8 Å². The first-order valence-corrected chi connectivity index (χ1v) is 13.3. The van der Waals surface area contributed by atoms with Gasteiger partial charge in [0.2, 0.25) is 0 Å². The molecular formula is C29H30N4O3S. The molecule has 0 radical (unpaired) electrons. The highest BCUT2D eigenvalue weighted by atomic mass is 32.2. The number of benzene rings is 3. The number of hydrogen-bond donors (Lipinski definition) is 1. The number of nitrogens with one attached hydrogen (secondary N) is 1. The van der Waals surface area contributed by atoms with E-state index < -0.39 is 22.5 Å². The van der Waals surface area contributed by atoms with Crippen molar-refractivity contribution in [1.29, 1.82) is 0 Å². The molecule has 0 spiro atoms. The van der Waals surface area contributed by atoms with Crippen molar-refractivity contribution in [2.24, 2.45) is 5.10 Å². The second-order valence-corrected chi connectivity index (χ2v) is 10.7. The largest absolute Gasteiger partial charge is 0.318 e. The van der Waals surface area contributed by atoms with Gasteiger partial charge in [0.15, 0.2) is 0 Å². The Labute approximate surface area is 218 Å². The van der Waals surface area contributed by atoms with Gasteiger partial charge in [0.1, 0.15) is 6.54 Å². The summed E-state index contributed by atoms with van der Waals surface area (Å²) in [5, 5.41) is 4.12. The Bertz CT molecular complexity index is 1540. The van der Waals surface area contributed by atoms with E-state index in [0.717, 1.165) is 26.9 Å². The Kier molecular flexibility index (Phi) is 7.59. The molecule has 7 nitrogen and oxygen atoms in total. The van der Waals surface area contributed by atoms with Gasteiger partial charge in [0, 0.05) is 22.6 Å². The average molecular weight is 515 g/mol. The van der Waals surface area contributed by atoms with Gasteiger partial charge in [-0.2, -0.15) is 5.10 Å². The Hall–Kier alpha value is -4.17. The number of nitrogens with zero attached hydrogens (tertiary/aromatic N) is 3. The fraction of sp³-hybridized carbons (Fsp3) is 0.172. The lowest BCUT2D eigenvalue weighted by atomic mass is 10.1. The van der Waals surface area contributed by atoms with Crippen LogP contribution in [-0.4, -0.2) is 31.7 Å². The molecule has 0 bridgehead atoms. The van der Waals surface area contributed by atoms with Crippen LogP contribution in [0.4, 0.5) is 5.69 Å². The summed E-state index contributed by atoms with van der Waals surface area (Å²) in [5.74, 6) is -0.553. The van der Waals surface area contributed by atoms with Crippen LogP contribution in [0, 0.1) is 27.7 Å². The van der Waals surface area contributed by atoms with Gasteiger partial charge in [0.05, 0.1) is 16.8 Å². The lowest BCUT2D eigenvalue weighted by Gasteiger charge is -2.23. The van der Waals surface area contributed by atoms with Crippen molar-refractivity contribution < 1.29 is 13.2 Å². The first-order chi connectivity index (χ1) is 17.7. The molecule has 0 atom stereocenters. The number of rotatable bonds is 8. The molecule has 0 aliphatic rings. The topological polar surface area (TPSA) is 83.8 Å². The van der Waals surface area contributed by atoms with E-state index >= 15 is 0 Å². The molecule has 1 aromatic heterocycles. The zero-order valence-electron chi connectivity index (χ0n) is 21.3. The van der Waals surface area contributed by atoms with Crippen molar-refractivity contribution >= 4 is 27.8 Å². The highest BCUT2D eigenvalue weighted by Gasteiger charge is 2.26. The number of hydrogen-bond acceptors (Lipinski definition) is 4. The summed E-state index contributed by atoms with van der Waals surface area (Å²) in [5.41, 5.74) is 9.25. The van der Waals surface area contributed by atoms with Crippen molar-refractivity contribution in [3.63, 3.8) is 0 Å². The third-order valence-corrected chi connectivity index (χ3v) is 8.06. The maximum absolute atomic E-state index is 13.3. The van der Waals surface area contributed by atoms with Crippen LogP contribution < -0.4 is 9.73 Å². The minimum Gasteiger partial charge on any atom is -0.318 e. The van der Waals surface area contributed by atoms with Crippen LogP contribution in [0.3, 0.4) is 0 Å². The van der Waals surface area contributed by atoms with Gasteiger partial charge in [-0.1, -0.05) is 42.5 Å². The van der Waals surface area contributed by atoms with Gasteiger partial charge in [-0.3, -0.25) is 9.10 Å². The molecule has 190 valence electrons. The van der Waals surface area contributed by atoms with E-state index in [-0.39, 0.29) is 4.90 Å². The number of carbonyl (C=O) groups is 1. The molecule has 4 rings (SSSR count). The van der Waals surface area contributed by atoms with Gasteiger partial charge >= 0.3 is 0 Å². The molecular weight excluding hydrogens is 484 g/mol. The third-order valence-electron chi connectivity index (χ3n) is 6.27. The van der Waals surface area contributed by atoms with Crippen molar-refractivity contribution in [1.82, 2.24) is 9.99 Å². The Morgan fingerprint density at radius 3 is 2.19 bits per heavy atom. The smallest absolute Gasteiger partial charge is 0.264 e. The van der Waals surface area contributed by atoms with E-state index in [2.05, 4.69) is 47.1 Å². The predicted molar refractivity (Wildman–Crippen MR) is 148 cm³/mol. The molecule has 1 N–H and O–H groups in total. The molecule has 8 heteroatoms. The Morgan fingerprint density at radius 2 is 1.54 bits per heavy atom. The first-order valence-electron chi connectivity index (χ1n) is 11.9. The van der Waals surface area contributed by atoms with Gasteiger partial charge in [-0.15, -0.1) is 0 Å². The van der Waals surface area contributed by atoms with Crippen LogP contribution in [0.1, 0.15) is 28.1 Å². The number of para-hydroxylation sites is 1. The van der Waals surface area contributed by atoms with Crippen LogP contribution in [0.25, 0.3) is 5.69 Å². The molecule has 0 unspecified atom stereocenters. The number of amides is 1. The zero-order valence-corrected chi connectivity index (χ0v) is 22.2. The lowest BCUT2D eigenvalue weighted by molar-refractivity contribution is -0.119. The van der Waals surface area contributed by atoms with Gasteiger partial charge in [0.25, 0.3) is 15.9 Å². The quantitative estimate of drug-likeness (QED) is 0.264. The fourth-order valence-electron chi connectivity index (χ4n) is 4.15. The molecule has 0 aliphatic carbocycles. The van der Waals surface area contributed by atoms with E-state index in [1.807, 2.05) is 19.9 Å². The molecule has 0 saturated carbocycles. The summed E-state index contributed by atoms with van der Waals surface area (Å²) in [7, 11) is -3.96. The van der Waals surface area contributed by atoms with Gasteiger partial charge in [-0.25, -0.2) is 13.8 Å². The second-order valence-electron chi connectivity index (χ2n) is 8.88. The number of aromatic nitrogens is 1. The van der Waals surface area contributed by atoms with Crippen LogP contribution in [0.15, 0.2) is 94.9 Å². The molecule has 3 aromatic carbocycles. The molecule has 37 heavy (non-hydrogen) atoms. The molecule has 0 saturated heterocycles. The Morgan fingerprint density at radius 1 is 0.892 bits per heavy atom.